The van der Waals surface area contributed by atoms with Gasteiger partial charge >= 0.3 is 5.97 Å². The van der Waals surface area contributed by atoms with E-state index in [0.717, 1.165) is 5.56 Å². The summed E-state index contributed by atoms with van der Waals surface area (Å²) in [7, 11) is 4.07. The first-order valence-corrected chi connectivity index (χ1v) is 6.49. The predicted molar refractivity (Wildman–Crippen MR) is 82.7 cm³/mol. The van der Waals surface area contributed by atoms with Crippen LogP contribution in [-0.2, 0) is 16.1 Å². The fourth-order valence-electron chi connectivity index (χ4n) is 1.49. The SMILES string of the molecule is CC(=O)OCc1ccccc1.CN(C)c1ccccc1. The van der Waals surface area contributed by atoms with Crippen molar-refractivity contribution < 1.29 is 9.53 Å². The van der Waals surface area contributed by atoms with Gasteiger partial charge in [-0.15, -0.1) is 0 Å². The highest BCUT2D eigenvalue weighted by atomic mass is 16.5. The van der Waals surface area contributed by atoms with Crippen molar-refractivity contribution in [2.75, 3.05) is 19.0 Å². The smallest absolute Gasteiger partial charge is 0.302 e. The van der Waals surface area contributed by atoms with Crippen LogP contribution in [0.3, 0.4) is 0 Å². The largest absolute Gasteiger partial charge is 0.461 e. The third-order valence-electron chi connectivity index (χ3n) is 2.56. The van der Waals surface area contributed by atoms with Crippen molar-refractivity contribution in [3.63, 3.8) is 0 Å². The van der Waals surface area contributed by atoms with Crippen LogP contribution in [0.4, 0.5) is 5.69 Å². The summed E-state index contributed by atoms with van der Waals surface area (Å²) in [5.74, 6) is -0.242. The minimum atomic E-state index is -0.242. The third kappa shape index (κ3) is 6.59. The molecule has 0 bridgehead atoms. The Kier molecular flexibility index (Phi) is 6.90. The molecule has 0 unspecified atom stereocenters. The van der Waals surface area contributed by atoms with E-state index in [4.69, 9.17) is 4.74 Å². The average molecular weight is 271 g/mol. The second kappa shape index (κ2) is 8.75. The molecule has 3 heteroatoms. The van der Waals surface area contributed by atoms with Crippen LogP contribution in [0, 0.1) is 0 Å². The summed E-state index contributed by atoms with van der Waals surface area (Å²) in [4.78, 5) is 12.5. The van der Waals surface area contributed by atoms with Crippen LogP contribution in [0.2, 0.25) is 0 Å². The maximum Gasteiger partial charge on any atom is 0.302 e. The number of ether oxygens (including phenoxy) is 1. The van der Waals surface area contributed by atoms with Crippen LogP contribution < -0.4 is 4.90 Å². The van der Waals surface area contributed by atoms with Crippen LogP contribution in [0.25, 0.3) is 0 Å². The number of anilines is 1. The Morgan fingerprint density at radius 2 is 1.45 bits per heavy atom. The lowest BCUT2D eigenvalue weighted by atomic mass is 10.2. The molecule has 0 aromatic heterocycles. The van der Waals surface area contributed by atoms with E-state index >= 15 is 0 Å². The molecule has 2 aromatic carbocycles. The van der Waals surface area contributed by atoms with Gasteiger partial charge in [-0.25, -0.2) is 0 Å². The summed E-state index contributed by atoms with van der Waals surface area (Å²) < 4.78 is 4.79. The van der Waals surface area contributed by atoms with Crippen LogP contribution >= 0.6 is 0 Å². The Morgan fingerprint density at radius 3 is 1.85 bits per heavy atom. The maximum absolute atomic E-state index is 10.4. The summed E-state index contributed by atoms with van der Waals surface area (Å²) in [6.07, 6.45) is 0. The molecule has 0 N–H and O–H groups in total. The molecular formula is C17H21NO2. The molecule has 0 fully saturated rings. The highest BCUT2D eigenvalue weighted by Gasteiger charge is 1.93. The number of rotatable bonds is 3. The van der Waals surface area contributed by atoms with Gasteiger partial charge < -0.3 is 9.64 Å². The van der Waals surface area contributed by atoms with Gasteiger partial charge in [0.2, 0.25) is 0 Å². The van der Waals surface area contributed by atoms with Gasteiger partial charge in [0.1, 0.15) is 6.61 Å². The zero-order valence-electron chi connectivity index (χ0n) is 12.2. The number of nitrogens with zero attached hydrogens (tertiary/aromatic N) is 1. The average Bonchev–Trinajstić information content (AvgIpc) is 2.48. The van der Waals surface area contributed by atoms with E-state index in [1.807, 2.05) is 62.6 Å². The van der Waals surface area contributed by atoms with Crippen molar-refractivity contribution in [1.82, 2.24) is 0 Å². The van der Waals surface area contributed by atoms with E-state index in [2.05, 4.69) is 17.0 Å². The lowest BCUT2D eigenvalue weighted by Crippen LogP contribution is -2.07. The molecule has 0 amide bonds. The zero-order chi connectivity index (χ0) is 14.8. The Labute approximate surface area is 120 Å². The molecule has 2 rings (SSSR count). The first-order chi connectivity index (χ1) is 9.59. The fourth-order valence-corrected chi connectivity index (χ4v) is 1.49. The van der Waals surface area contributed by atoms with Gasteiger partial charge in [-0.1, -0.05) is 48.5 Å². The predicted octanol–water partition coefficient (Wildman–Crippen LogP) is 3.50. The summed E-state index contributed by atoms with van der Waals surface area (Å²) in [5, 5.41) is 0. The summed E-state index contributed by atoms with van der Waals surface area (Å²) in [5.41, 5.74) is 2.26. The quantitative estimate of drug-likeness (QED) is 0.800. The van der Waals surface area contributed by atoms with Crippen molar-refractivity contribution in [1.29, 1.82) is 0 Å². The van der Waals surface area contributed by atoms with Crippen molar-refractivity contribution in [2.45, 2.75) is 13.5 Å². The van der Waals surface area contributed by atoms with E-state index in [1.165, 1.54) is 12.6 Å². The molecule has 0 saturated carbocycles. The summed E-state index contributed by atoms with van der Waals surface area (Å²) >= 11 is 0. The molecule has 0 aliphatic heterocycles. The lowest BCUT2D eigenvalue weighted by molar-refractivity contribution is -0.142. The second-order valence-corrected chi connectivity index (χ2v) is 4.50. The molecule has 0 atom stereocenters. The molecule has 2 aromatic rings. The van der Waals surface area contributed by atoms with E-state index in [9.17, 15) is 4.79 Å². The summed E-state index contributed by atoms with van der Waals surface area (Å²) in [6, 6.07) is 19.9. The molecule has 3 nitrogen and oxygen atoms in total. The minimum absolute atomic E-state index is 0.242. The van der Waals surface area contributed by atoms with Gasteiger partial charge in [-0.2, -0.15) is 0 Å². The number of carbonyl (C=O) groups is 1. The molecule has 106 valence electrons. The molecule has 0 heterocycles. The number of benzene rings is 2. The Balaban J connectivity index is 0.000000204. The van der Waals surface area contributed by atoms with Gasteiger partial charge in [0.05, 0.1) is 0 Å². The molecule has 0 aliphatic carbocycles. The molecule has 0 aliphatic rings. The Morgan fingerprint density at radius 1 is 0.950 bits per heavy atom. The standard InChI is InChI=1S/C9H10O2.C8H11N/c1-8(10)11-7-9-5-3-2-4-6-9;1-9(2)8-6-4-3-5-7-8/h2-6H,7H2,1H3;3-7H,1-2H3. The second-order valence-electron chi connectivity index (χ2n) is 4.50. The van der Waals surface area contributed by atoms with Crippen molar-refractivity contribution in [2.24, 2.45) is 0 Å². The maximum atomic E-state index is 10.4. The number of esters is 1. The van der Waals surface area contributed by atoms with E-state index in [0.29, 0.717) is 6.61 Å². The van der Waals surface area contributed by atoms with E-state index < -0.39 is 0 Å². The molecular weight excluding hydrogens is 250 g/mol. The monoisotopic (exact) mass is 271 g/mol. The van der Waals surface area contributed by atoms with Crippen LogP contribution in [0.15, 0.2) is 60.7 Å². The third-order valence-corrected chi connectivity index (χ3v) is 2.56. The van der Waals surface area contributed by atoms with E-state index in [1.54, 1.807) is 0 Å². The van der Waals surface area contributed by atoms with Crippen molar-refractivity contribution in [3.05, 3.63) is 66.2 Å². The van der Waals surface area contributed by atoms with Gasteiger partial charge in [-0.3, -0.25) is 4.79 Å². The highest BCUT2D eigenvalue weighted by molar-refractivity contribution is 5.65. The summed E-state index contributed by atoms with van der Waals surface area (Å²) in [6.45, 7) is 1.78. The lowest BCUT2D eigenvalue weighted by Gasteiger charge is -2.10. The highest BCUT2D eigenvalue weighted by Crippen LogP contribution is 2.07. The topological polar surface area (TPSA) is 29.5 Å². The van der Waals surface area contributed by atoms with Gasteiger partial charge in [-0.05, 0) is 17.7 Å². The minimum Gasteiger partial charge on any atom is -0.461 e. The number of hydrogen-bond donors (Lipinski definition) is 0. The number of para-hydroxylation sites is 1. The molecule has 0 saturated heterocycles. The van der Waals surface area contributed by atoms with Gasteiger partial charge in [0.15, 0.2) is 0 Å². The first kappa shape index (κ1) is 15.8. The number of carbonyl (C=O) groups excluding carboxylic acids is 1. The normalized spacial score (nSPS) is 9.15. The Bertz CT molecular complexity index is 495. The van der Waals surface area contributed by atoms with Crippen molar-refractivity contribution in [3.8, 4) is 0 Å². The van der Waals surface area contributed by atoms with Crippen LogP contribution in [-0.4, -0.2) is 20.1 Å². The van der Waals surface area contributed by atoms with Gasteiger partial charge in [0, 0.05) is 26.7 Å². The first-order valence-electron chi connectivity index (χ1n) is 6.49. The molecule has 0 spiro atoms. The van der Waals surface area contributed by atoms with Crippen LogP contribution in [0.5, 0.6) is 0 Å². The van der Waals surface area contributed by atoms with Crippen LogP contribution in [0.1, 0.15) is 12.5 Å². The van der Waals surface area contributed by atoms with Crippen molar-refractivity contribution >= 4 is 11.7 Å². The van der Waals surface area contributed by atoms with Gasteiger partial charge in [0.25, 0.3) is 0 Å². The fraction of sp³-hybridized carbons (Fsp3) is 0.235. The molecule has 0 radical (unpaired) electrons. The zero-order valence-corrected chi connectivity index (χ0v) is 12.2. The Hall–Kier alpha value is -2.29. The molecule has 20 heavy (non-hydrogen) atoms. The number of hydrogen-bond acceptors (Lipinski definition) is 3. The van der Waals surface area contributed by atoms with E-state index in [-0.39, 0.29) is 5.97 Å².